The van der Waals surface area contributed by atoms with Crippen molar-refractivity contribution >= 4 is 45.6 Å². The van der Waals surface area contributed by atoms with Crippen LogP contribution in [0.4, 0.5) is 11.4 Å². The first-order chi connectivity index (χ1) is 18.0. The standard InChI is InChI=1S/C28H22ClN5O2S/c1-30-26-25(18-6-4-8-22(12-18)36-2)33-28(34-27(26)35)37-16-17-5-3-7-21(11-17)31-14-19-15-32-24-10-9-20(29)13-23(19)24/h3-13,15,31-32H,14,16H2,2H3,(H,33,34,35). The minimum absolute atomic E-state index is 0.0395. The second-order valence-electron chi connectivity index (χ2n) is 8.26. The number of nitrogens with zero attached hydrogens (tertiary/aromatic N) is 2. The summed E-state index contributed by atoms with van der Waals surface area (Å²) in [5.74, 6) is 1.22. The molecule has 0 aliphatic rings. The van der Waals surface area contributed by atoms with E-state index in [1.54, 1.807) is 25.3 Å². The highest BCUT2D eigenvalue weighted by Crippen LogP contribution is 2.30. The Morgan fingerprint density at radius 1 is 1.14 bits per heavy atom. The predicted molar refractivity (Wildman–Crippen MR) is 150 cm³/mol. The molecule has 0 fully saturated rings. The Labute approximate surface area is 222 Å². The Morgan fingerprint density at radius 3 is 2.84 bits per heavy atom. The number of methoxy groups -OCH3 is 1. The molecule has 0 saturated heterocycles. The molecule has 9 heteroatoms. The highest BCUT2D eigenvalue weighted by Gasteiger charge is 2.15. The minimum atomic E-state index is -0.459. The summed E-state index contributed by atoms with van der Waals surface area (Å²) >= 11 is 7.58. The van der Waals surface area contributed by atoms with Crippen molar-refractivity contribution in [1.82, 2.24) is 15.0 Å². The summed E-state index contributed by atoms with van der Waals surface area (Å²) in [6, 6.07) is 21.1. The molecule has 37 heavy (non-hydrogen) atoms. The maximum Gasteiger partial charge on any atom is 0.276 e. The zero-order valence-corrected chi connectivity index (χ0v) is 21.4. The average molecular weight is 528 g/mol. The molecule has 2 heterocycles. The van der Waals surface area contributed by atoms with Crippen LogP contribution in [0.3, 0.4) is 0 Å². The van der Waals surface area contributed by atoms with E-state index in [0.29, 0.717) is 39.5 Å². The Kier molecular flexibility index (Phi) is 7.17. The summed E-state index contributed by atoms with van der Waals surface area (Å²) < 4.78 is 5.29. The number of rotatable bonds is 8. The number of aromatic nitrogens is 3. The van der Waals surface area contributed by atoms with Gasteiger partial charge in [-0.05, 0) is 59.2 Å². The SMILES string of the molecule is [C-]#[N+]c1c(-c2cccc(OC)c2)nc(SCc2cccc(NCc3c[nH]c4ccc(Cl)cc34)c2)[nH]c1=O. The summed E-state index contributed by atoms with van der Waals surface area (Å²) in [6.07, 6.45) is 1.99. The highest BCUT2D eigenvalue weighted by atomic mass is 35.5. The van der Waals surface area contributed by atoms with Crippen molar-refractivity contribution < 1.29 is 4.74 Å². The Bertz CT molecular complexity index is 1690. The van der Waals surface area contributed by atoms with Crippen molar-refractivity contribution in [3.05, 3.63) is 111 Å². The lowest BCUT2D eigenvalue weighted by Gasteiger charge is -2.10. The van der Waals surface area contributed by atoms with E-state index in [1.165, 1.54) is 11.8 Å². The number of hydrogen-bond donors (Lipinski definition) is 3. The number of H-pyrrole nitrogens is 2. The van der Waals surface area contributed by atoms with Gasteiger partial charge >= 0.3 is 0 Å². The zero-order valence-electron chi connectivity index (χ0n) is 19.8. The van der Waals surface area contributed by atoms with Gasteiger partial charge in [0.15, 0.2) is 5.16 Å². The molecule has 0 unspecified atom stereocenters. The number of nitrogens with one attached hydrogen (secondary N) is 3. The number of anilines is 1. The first kappa shape index (κ1) is 24.5. The van der Waals surface area contributed by atoms with Crippen LogP contribution in [-0.4, -0.2) is 22.1 Å². The van der Waals surface area contributed by atoms with E-state index in [9.17, 15) is 4.79 Å². The van der Waals surface area contributed by atoms with Gasteiger partial charge in [-0.1, -0.05) is 47.6 Å². The van der Waals surface area contributed by atoms with Crippen LogP contribution < -0.4 is 15.6 Å². The lowest BCUT2D eigenvalue weighted by atomic mass is 10.1. The lowest BCUT2D eigenvalue weighted by Crippen LogP contribution is -2.09. The van der Waals surface area contributed by atoms with Gasteiger partial charge in [0.05, 0.1) is 19.4 Å². The van der Waals surface area contributed by atoms with Gasteiger partial charge in [0.25, 0.3) is 11.2 Å². The van der Waals surface area contributed by atoms with Crippen molar-refractivity contribution in [2.45, 2.75) is 17.5 Å². The fraction of sp³-hybridized carbons (Fsp3) is 0.107. The fourth-order valence-electron chi connectivity index (χ4n) is 4.01. The second kappa shape index (κ2) is 10.8. The molecule has 3 N–H and O–H groups in total. The second-order valence-corrected chi connectivity index (χ2v) is 9.66. The molecule has 0 aliphatic carbocycles. The smallest absolute Gasteiger partial charge is 0.276 e. The summed E-state index contributed by atoms with van der Waals surface area (Å²) in [5.41, 5.74) is 4.72. The van der Waals surface area contributed by atoms with Crippen molar-refractivity contribution in [3.63, 3.8) is 0 Å². The number of aromatic amines is 2. The molecule has 184 valence electrons. The van der Waals surface area contributed by atoms with Gasteiger partial charge in [-0.3, -0.25) is 4.79 Å². The summed E-state index contributed by atoms with van der Waals surface area (Å²) in [5, 5.41) is 5.72. The van der Waals surface area contributed by atoms with Crippen molar-refractivity contribution in [2.75, 3.05) is 12.4 Å². The summed E-state index contributed by atoms with van der Waals surface area (Å²) in [4.78, 5) is 26.6. The van der Waals surface area contributed by atoms with E-state index < -0.39 is 5.56 Å². The topological polar surface area (TPSA) is 87.2 Å². The molecular weight excluding hydrogens is 506 g/mol. The van der Waals surface area contributed by atoms with Gasteiger partial charge in [-0.25, -0.2) is 9.83 Å². The molecule has 0 radical (unpaired) electrons. The van der Waals surface area contributed by atoms with Crippen molar-refractivity contribution in [3.8, 4) is 17.0 Å². The molecule has 2 aromatic heterocycles. The van der Waals surface area contributed by atoms with Crippen LogP contribution in [0.1, 0.15) is 11.1 Å². The van der Waals surface area contributed by atoms with Crippen LogP contribution >= 0.6 is 23.4 Å². The van der Waals surface area contributed by atoms with Crippen molar-refractivity contribution in [1.29, 1.82) is 0 Å². The van der Waals surface area contributed by atoms with Gasteiger partial charge in [-0.15, -0.1) is 0 Å². The zero-order chi connectivity index (χ0) is 25.8. The number of fused-ring (bicyclic) bond motifs is 1. The van der Waals surface area contributed by atoms with Gasteiger partial charge < -0.3 is 20.0 Å². The van der Waals surface area contributed by atoms with Gasteiger partial charge in [0, 0.05) is 40.1 Å². The molecule has 5 aromatic rings. The van der Waals surface area contributed by atoms with Crippen LogP contribution in [0.5, 0.6) is 5.75 Å². The third-order valence-corrected chi connectivity index (χ3v) is 7.02. The molecule has 0 atom stereocenters. The molecule has 0 spiro atoms. The third kappa shape index (κ3) is 5.48. The Morgan fingerprint density at radius 2 is 2.00 bits per heavy atom. The van der Waals surface area contributed by atoms with Crippen LogP contribution in [0.2, 0.25) is 5.02 Å². The van der Waals surface area contributed by atoms with Crippen molar-refractivity contribution in [2.24, 2.45) is 0 Å². The molecule has 0 saturated carbocycles. The summed E-state index contributed by atoms with van der Waals surface area (Å²) in [7, 11) is 1.57. The number of hydrogen-bond acceptors (Lipinski definition) is 5. The van der Waals surface area contributed by atoms with Crippen LogP contribution in [0.25, 0.3) is 27.0 Å². The van der Waals surface area contributed by atoms with E-state index in [0.717, 1.165) is 27.7 Å². The molecular formula is C28H22ClN5O2S. The number of thioether (sulfide) groups is 1. The number of halogens is 1. The molecule has 3 aromatic carbocycles. The highest BCUT2D eigenvalue weighted by molar-refractivity contribution is 7.98. The maximum absolute atomic E-state index is 12.6. The Hall–Kier alpha value is -4.19. The number of ether oxygens (including phenoxy) is 1. The fourth-order valence-corrected chi connectivity index (χ4v) is 4.98. The maximum atomic E-state index is 12.6. The van der Waals surface area contributed by atoms with E-state index >= 15 is 0 Å². The van der Waals surface area contributed by atoms with Crippen LogP contribution in [0, 0.1) is 6.57 Å². The molecule has 7 nitrogen and oxygen atoms in total. The van der Waals surface area contributed by atoms with Crippen LogP contribution in [-0.2, 0) is 12.3 Å². The van der Waals surface area contributed by atoms with Crippen LogP contribution in [0.15, 0.2) is 82.9 Å². The normalized spacial score (nSPS) is 10.8. The first-order valence-corrected chi connectivity index (χ1v) is 12.8. The molecule has 5 rings (SSSR count). The third-order valence-electron chi connectivity index (χ3n) is 5.84. The predicted octanol–water partition coefficient (Wildman–Crippen LogP) is 7.04. The van der Waals surface area contributed by atoms with Gasteiger partial charge in [0.1, 0.15) is 5.75 Å². The van der Waals surface area contributed by atoms with E-state index in [2.05, 4.69) is 31.2 Å². The largest absolute Gasteiger partial charge is 0.497 e. The van der Waals surface area contributed by atoms with E-state index in [4.69, 9.17) is 22.9 Å². The Balaban J connectivity index is 1.31. The first-order valence-electron chi connectivity index (χ1n) is 11.4. The molecule has 0 amide bonds. The van der Waals surface area contributed by atoms with Gasteiger partial charge in [0.2, 0.25) is 0 Å². The molecule has 0 aliphatic heterocycles. The average Bonchev–Trinajstić information content (AvgIpc) is 3.32. The van der Waals surface area contributed by atoms with E-state index in [1.807, 2.05) is 48.7 Å². The molecule has 0 bridgehead atoms. The lowest BCUT2D eigenvalue weighted by molar-refractivity contribution is 0.415. The number of benzene rings is 3. The van der Waals surface area contributed by atoms with Gasteiger partial charge in [-0.2, -0.15) is 0 Å². The summed E-state index contributed by atoms with van der Waals surface area (Å²) in [6.45, 7) is 8.11. The quantitative estimate of drug-likeness (QED) is 0.114. The monoisotopic (exact) mass is 527 g/mol. The minimum Gasteiger partial charge on any atom is -0.497 e. The van der Waals surface area contributed by atoms with E-state index in [-0.39, 0.29) is 5.69 Å².